The summed E-state index contributed by atoms with van der Waals surface area (Å²) in [6, 6.07) is 9.36. The van der Waals surface area contributed by atoms with Crippen LogP contribution in [0.5, 0.6) is 5.75 Å². The van der Waals surface area contributed by atoms with Crippen molar-refractivity contribution in [3.05, 3.63) is 29.8 Å². The van der Waals surface area contributed by atoms with Crippen molar-refractivity contribution in [1.29, 1.82) is 0 Å². The van der Waals surface area contributed by atoms with Crippen molar-refractivity contribution in [2.75, 3.05) is 20.2 Å². The Balaban J connectivity index is 1.77. The van der Waals surface area contributed by atoms with Crippen molar-refractivity contribution >= 4 is 5.97 Å². The van der Waals surface area contributed by atoms with Gasteiger partial charge in [0, 0.05) is 18.1 Å². The molecule has 1 unspecified atom stereocenters. The maximum Gasteiger partial charge on any atom is 0.317 e. The molecule has 0 bridgehead atoms. The smallest absolute Gasteiger partial charge is 0.317 e. The summed E-state index contributed by atoms with van der Waals surface area (Å²) in [5.74, 6) is 0.194. The number of hydrogen-bond donors (Lipinski definition) is 2. The third-order valence-electron chi connectivity index (χ3n) is 4.61. The Morgan fingerprint density at radius 3 is 2.74 bits per heavy atom. The van der Waals surface area contributed by atoms with Crippen LogP contribution in [0.1, 0.15) is 32.3 Å². The monoisotopic (exact) mass is 320 g/mol. The molecule has 1 aliphatic rings. The van der Waals surface area contributed by atoms with Crippen molar-refractivity contribution in [2.45, 2.75) is 51.2 Å². The Labute approximate surface area is 138 Å². The molecule has 0 heterocycles. The number of carboxylic acid groups (broad SMARTS) is 1. The zero-order chi connectivity index (χ0) is 16.8. The van der Waals surface area contributed by atoms with E-state index >= 15 is 0 Å². The van der Waals surface area contributed by atoms with Gasteiger partial charge in [0.15, 0.2) is 0 Å². The Kier molecular flexibility index (Phi) is 6.42. The Morgan fingerprint density at radius 2 is 2.13 bits per heavy atom. The number of methoxy groups -OCH3 is 1. The van der Waals surface area contributed by atoms with Crippen LogP contribution in [0.4, 0.5) is 0 Å². The van der Waals surface area contributed by atoms with Crippen LogP contribution in [0.25, 0.3) is 0 Å². The molecule has 0 amide bonds. The van der Waals surface area contributed by atoms with Crippen molar-refractivity contribution < 1.29 is 14.6 Å². The summed E-state index contributed by atoms with van der Waals surface area (Å²) < 4.78 is 5.40. The molecule has 5 nitrogen and oxygen atoms in total. The van der Waals surface area contributed by atoms with Crippen LogP contribution in [-0.2, 0) is 11.2 Å². The van der Waals surface area contributed by atoms with E-state index < -0.39 is 5.97 Å². The van der Waals surface area contributed by atoms with Gasteiger partial charge in [-0.1, -0.05) is 25.1 Å². The number of carboxylic acids is 1. The summed E-state index contributed by atoms with van der Waals surface area (Å²) in [5.41, 5.74) is 1.21. The number of para-hydroxylation sites is 1. The Hall–Kier alpha value is -1.59. The molecule has 0 aliphatic heterocycles. The number of hydrogen-bond acceptors (Lipinski definition) is 4. The number of benzene rings is 1. The highest BCUT2D eigenvalue weighted by Crippen LogP contribution is 2.27. The molecule has 0 spiro atoms. The summed E-state index contributed by atoms with van der Waals surface area (Å²) in [5, 5.41) is 12.6. The maximum absolute atomic E-state index is 10.9. The standard InChI is InChI=1S/C18H28N2O3/c1-4-20(12-18(21)22)16-10-15(11-16)19-13(2)9-14-7-5-6-8-17(14)23-3/h5-8,13,15-16,19H,4,9-12H2,1-3H3,(H,21,22). The molecule has 1 fully saturated rings. The van der Waals surface area contributed by atoms with Crippen LogP contribution in [0.15, 0.2) is 24.3 Å². The van der Waals surface area contributed by atoms with E-state index in [0.717, 1.165) is 31.6 Å². The average molecular weight is 320 g/mol. The molecule has 2 N–H and O–H groups in total. The van der Waals surface area contributed by atoms with E-state index in [4.69, 9.17) is 9.84 Å². The van der Waals surface area contributed by atoms with E-state index in [0.29, 0.717) is 18.1 Å². The Bertz CT molecular complexity index is 515. The number of likely N-dealkylation sites (N-methyl/N-ethyl adjacent to an activating group) is 1. The fourth-order valence-electron chi connectivity index (χ4n) is 3.36. The molecule has 0 aromatic heterocycles. The molecule has 128 valence electrons. The van der Waals surface area contributed by atoms with Gasteiger partial charge in [0.1, 0.15) is 5.75 Å². The van der Waals surface area contributed by atoms with Crippen molar-refractivity contribution in [2.24, 2.45) is 0 Å². The zero-order valence-corrected chi connectivity index (χ0v) is 14.3. The van der Waals surface area contributed by atoms with E-state index in [1.54, 1.807) is 7.11 Å². The molecule has 23 heavy (non-hydrogen) atoms. The van der Waals surface area contributed by atoms with Gasteiger partial charge in [0.05, 0.1) is 13.7 Å². The molecule has 0 saturated heterocycles. The minimum Gasteiger partial charge on any atom is -0.496 e. The lowest BCUT2D eigenvalue weighted by molar-refractivity contribution is -0.139. The number of nitrogens with one attached hydrogen (secondary N) is 1. The molecule has 1 aromatic carbocycles. The van der Waals surface area contributed by atoms with E-state index in [9.17, 15) is 4.79 Å². The summed E-state index contributed by atoms with van der Waals surface area (Å²) in [6.07, 6.45) is 2.98. The summed E-state index contributed by atoms with van der Waals surface area (Å²) >= 11 is 0. The molecular formula is C18H28N2O3. The second-order valence-electron chi connectivity index (χ2n) is 6.36. The maximum atomic E-state index is 10.9. The number of carbonyl (C=O) groups is 1. The van der Waals surface area contributed by atoms with Crippen molar-refractivity contribution in [3.63, 3.8) is 0 Å². The summed E-state index contributed by atoms with van der Waals surface area (Å²) in [4.78, 5) is 12.9. The predicted octanol–water partition coefficient (Wildman–Crippen LogP) is 2.15. The highest BCUT2D eigenvalue weighted by Gasteiger charge is 2.34. The summed E-state index contributed by atoms with van der Waals surface area (Å²) in [7, 11) is 1.70. The van der Waals surface area contributed by atoms with Gasteiger partial charge in [0.25, 0.3) is 0 Å². The van der Waals surface area contributed by atoms with E-state index in [1.807, 2.05) is 30.0 Å². The van der Waals surface area contributed by atoms with Gasteiger partial charge in [-0.3, -0.25) is 9.69 Å². The third kappa shape index (κ3) is 4.94. The second kappa shape index (κ2) is 8.31. The number of aliphatic carboxylic acids is 1. The summed E-state index contributed by atoms with van der Waals surface area (Å²) in [6.45, 7) is 5.15. The topological polar surface area (TPSA) is 61.8 Å². The van der Waals surface area contributed by atoms with Crippen LogP contribution in [0.2, 0.25) is 0 Å². The van der Waals surface area contributed by atoms with Crippen LogP contribution >= 0.6 is 0 Å². The first-order chi connectivity index (χ1) is 11.0. The van der Waals surface area contributed by atoms with E-state index in [1.165, 1.54) is 5.56 Å². The lowest BCUT2D eigenvalue weighted by atomic mass is 9.84. The zero-order valence-electron chi connectivity index (χ0n) is 14.3. The Morgan fingerprint density at radius 1 is 1.43 bits per heavy atom. The lowest BCUT2D eigenvalue weighted by Gasteiger charge is -2.43. The number of rotatable bonds is 9. The highest BCUT2D eigenvalue weighted by molar-refractivity contribution is 5.69. The van der Waals surface area contributed by atoms with Gasteiger partial charge in [-0.2, -0.15) is 0 Å². The van der Waals surface area contributed by atoms with Gasteiger partial charge in [0.2, 0.25) is 0 Å². The van der Waals surface area contributed by atoms with Crippen LogP contribution < -0.4 is 10.1 Å². The van der Waals surface area contributed by atoms with Gasteiger partial charge >= 0.3 is 5.97 Å². The minimum atomic E-state index is -0.743. The fraction of sp³-hybridized carbons (Fsp3) is 0.611. The van der Waals surface area contributed by atoms with E-state index in [-0.39, 0.29) is 6.54 Å². The molecule has 1 saturated carbocycles. The third-order valence-corrected chi connectivity index (χ3v) is 4.61. The minimum absolute atomic E-state index is 0.144. The SMILES string of the molecule is CCN(CC(=O)O)C1CC(NC(C)Cc2ccccc2OC)C1. The van der Waals surface area contributed by atoms with Crippen LogP contribution in [0, 0.1) is 0 Å². The van der Waals surface area contributed by atoms with Gasteiger partial charge in [-0.05, 0) is 44.4 Å². The number of nitrogens with zero attached hydrogens (tertiary/aromatic N) is 1. The van der Waals surface area contributed by atoms with Crippen molar-refractivity contribution in [1.82, 2.24) is 10.2 Å². The first-order valence-electron chi connectivity index (χ1n) is 8.37. The highest BCUT2D eigenvalue weighted by atomic mass is 16.5. The largest absolute Gasteiger partial charge is 0.496 e. The molecule has 1 aliphatic carbocycles. The average Bonchev–Trinajstić information content (AvgIpc) is 2.48. The van der Waals surface area contributed by atoms with E-state index in [2.05, 4.69) is 18.3 Å². The molecular weight excluding hydrogens is 292 g/mol. The molecule has 1 aromatic rings. The molecule has 2 rings (SSSR count). The van der Waals surface area contributed by atoms with Gasteiger partial charge < -0.3 is 15.2 Å². The number of ether oxygens (including phenoxy) is 1. The van der Waals surface area contributed by atoms with Gasteiger partial charge in [-0.15, -0.1) is 0 Å². The first-order valence-corrected chi connectivity index (χ1v) is 8.37. The predicted molar refractivity (Wildman–Crippen MR) is 91.0 cm³/mol. The first kappa shape index (κ1) is 17.8. The van der Waals surface area contributed by atoms with Crippen molar-refractivity contribution in [3.8, 4) is 5.75 Å². The molecule has 0 radical (unpaired) electrons. The van der Waals surface area contributed by atoms with Crippen LogP contribution in [-0.4, -0.2) is 54.3 Å². The fourth-order valence-corrected chi connectivity index (χ4v) is 3.36. The lowest BCUT2D eigenvalue weighted by Crippen LogP contribution is -2.55. The van der Waals surface area contributed by atoms with Crippen LogP contribution in [0.3, 0.4) is 0 Å². The van der Waals surface area contributed by atoms with Gasteiger partial charge in [-0.25, -0.2) is 0 Å². The quantitative estimate of drug-likeness (QED) is 0.730. The normalized spacial score (nSPS) is 21.7. The molecule has 5 heteroatoms. The molecule has 1 atom stereocenters. The second-order valence-corrected chi connectivity index (χ2v) is 6.36.